The van der Waals surface area contributed by atoms with Crippen molar-refractivity contribution in [2.45, 2.75) is 26.8 Å². The molecule has 0 radical (unpaired) electrons. The normalized spacial score (nSPS) is 10.6. The molecule has 0 fully saturated rings. The van der Waals surface area contributed by atoms with Gasteiger partial charge in [0.1, 0.15) is 0 Å². The summed E-state index contributed by atoms with van der Waals surface area (Å²) in [5.74, 6) is 0.994. The second-order valence-electron chi connectivity index (χ2n) is 6.56. The summed E-state index contributed by atoms with van der Waals surface area (Å²) in [5, 5.41) is 11.2. The van der Waals surface area contributed by atoms with E-state index in [1.807, 2.05) is 11.6 Å². The number of nitrogens with zero attached hydrogens (tertiary/aromatic N) is 3. The van der Waals surface area contributed by atoms with Gasteiger partial charge in [0.25, 0.3) is 0 Å². The smallest absolute Gasteiger partial charge is 0.230 e. The molecule has 28 heavy (non-hydrogen) atoms. The fraction of sp³-hybridized carbons (Fsp3) is 0.286. The summed E-state index contributed by atoms with van der Waals surface area (Å²) in [6.45, 7) is 4.60. The molecule has 0 aliphatic heterocycles. The second kappa shape index (κ2) is 8.56. The summed E-state index contributed by atoms with van der Waals surface area (Å²) in [6, 6.07) is 13.5. The quantitative estimate of drug-likeness (QED) is 0.681. The van der Waals surface area contributed by atoms with Gasteiger partial charge in [0.15, 0.2) is 11.5 Å². The number of carbonyl (C=O) groups is 1. The van der Waals surface area contributed by atoms with Gasteiger partial charge in [0, 0.05) is 11.8 Å². The number of hydrogen-bond donors (Lipinski definition) is 1. The van der Waals surface area contributed by atoms with Crippen LogP contribution in [-0.2, 0) is 17.8 Å². The summed E-state index contributed by atoms with van der Waals surface area (Å²) < 4.78 is 12.3. The molecule has 0 aliphatic carbocycles. The summed E-state index contributed by atoms with van der Waals surface area (Å²) >= 11 is 0. The van der Waals surface area contributed by atoms with E-state index in [2.05, 4.69) is 46.8 Å². The number of aromatic nitrogens is 3. The molecule has 1 heterocycles. The Hall–Kier alpha value is -3.35. The minimum Gasteiger partial charge on any atom is -0.493 e. The number of ether oxygens (including phenoxy) is 2. The van der Waals surface area contributed by atoms with Crippen LogP contribution in [0.15, 0.2) is 42.5 Å². The molecule has 3 rings (SSSR count). The zero-order chi connectivity index (χ0) is 20.1. The van der Waals surface area contributed by atoms with Crippen molar-refractivity contribution in [1.82, 2.24) is 15.0 Å². The lowest BCUT2D eigenvalue weighted by atomic mass is 10.1. The molecule has 2 aromatic carbocycles. The molecule has 0 unspecified atom stereocenters. The number of hydrogen-bond acceptors (Lipinski definition) is 5. The number of methoxy groups -OCH3 is 2. The number of anilines is 1. The van der Waals surface area contributed by atoms with Gasteiger partial charge in [-0.2, -0.15) is 0 Å². The van der Waals surface area contributed by atoms with E-state index in [0.717, 1.165) is 11.3 Å². The number of amides is 1. The van der Waals surface area contributed by atoms with E-state index in [9.17, 15) is 4.79 Å². The fourth-order valence-electron chi connectivity index (χ4n) is 2.85. The van der Waals surface area contributed by atoms with Gasteiger partial charge in [-0.3, -0.25) is 4.79 Å². The van der Waals surface area contributed by atoms with Crippen LogP contribution in [0.3, 0.4) is 0 Å². The minimum atomic E-state index is -0.169. The number of nitrogens with one attached hydrogen (secondary N) is 1. The maximum Gasteiger partial charge on any atom is 0.230 e. The van der Waals surface area contributed by atoms with Crippen LogP contribution in [0, 0.1) is 13.8 Å². The van der Waals surface area contributed by atoms with Crippen LogP contribution >= 0.6 is 0 Å². The average Bonchev–Trinajstić information content (AvgIpc) is 3.03. The van der Waals surface area contributed by atoms with Crippen molar-refractivity contribution in [3.8, 4) is 11.5 Å². The van der Waals surface area contributed by atoms with Crippen molar-refractivity contribution >= 4 is 11.6 Å². The Bertz CT molecular complexity index is 964. The maximum absolute atomic E-state index is 12.4. The minimum absolute atomic E-state index is 0.147. The predicted octanol–water partition coefficient (Wildman–Crippen LogP) is 3.14. The third-order valence-corrected chi connectivity index (χ3v) is 4.53. The molecule has 1 amide bonds. The van der Waals surface area contributed by atoms with Crippen LogP contribution in [0.4, 0.5) is 5.69 Å². The highest BCUT2D eigenvalue weighted by Gasteiger charge is 2.14. The number of aryl methyl sites for hydroxylation is 1. The molecule has 0 saturated heterocycles. The Balaban J connectivity index is 1.66. The third-order valence-electron chi connectivity index (χ3n) is 4.53. The molecule has 0 aliphatic rings. The Morgan fingerprint density at radius 2 is 1.75 bits per heavy atom. The molecule has 0 atom stereocenters. The molecular formula is C21H24N4O3. The zero-order valence-corrected chi connectivity index (χ0v) is 16.5. The van der Waals surface area contributed by atoms with Crippen molar-refractivity contribution in [2.24, 2.45) is 0 Å². The highest BCUT2D eigenvalue weighted by Crippen LogP contribution is 2.29. The van der Waals surface area contributed by atoms with Crippen LogP contribution in [-0.4, -0.2) is 35.1 Å². The van der Waals surface area contributed by atoms with E-state index in [-0.39, 0.29) is 12.3 Å². The van der Waals surface area contributed by atoms with Crippen molar-refractivity contribution < 1.29 is 14.3 Å². The van der Waals surface area contributed by atoms with Gasteiger partial charge < -0.3 is 14.8 Å². The lowest BCUT2D eigenvalue weighted by Crippen LogP contribution is -2.15. The van der Waals surface area contributed by atoms with Crippen molar-refractivity contribution in [3.63, 3.8) is 0 Å². The monoisotopic (exact) mass is 380 g/mol. The maximum atomic E-state index is 12.4. The van der Waals surface area contributed by atoms with E-state index >= 15 is 0 Å². The molecule has 1 aromatic heterocycles. The van der Waals surface area contributed by atoms with Gasteiger partial charge in [0.05, 0.1) is 38.6 Å². The van der Waals surface area contributed by atoms with Gasteiger partial charge in [0.2, 0.25) is 5.91 Å². The van der Waals surface area contributed by atoms with E-state index < -0.39 is 0 Å². The SMILES string of the molecule is COc1ccc(NC(=O)Cc2nnn(Cc3ccc(C)cc3)c2C)cc1OC. The van der Waals surface area contributed by atoms with Gasteiger partial charge in [-0.15, -0.1) is 5.10 Å². The van der Waals surface area contributed by atoms with Gasteiger partial charge in [-0.05, 0) is 31.5 Å². The van der Waals surface area contributed by atoms with E-state index in [4.69, 9.17) is 9.47 Å². The van der Waals surface area contributed by atoms with Gasteiger partial charge in [-0.25, -0.2) is 4.68 Å². The van der Waals surface area contributed by atoms with Crippen LogP contribution in [0.25, 0.3) is 0 Å². The molecule has 146 valence electrons. The lowest BCUT2D eigenvalue weighted by Gasteiger charge is -2.10. The summed E-state index contributed by atoms with van der Waals surface area (Å²) in [6.07, 6.45) is 0.147. The standard InChI is InChI=1S/C21H24N4O3/c1-14-5-7-16(8-6-14)13-25-15(2)18(23-24-25)12-21(26)22-17-9-10-19(27-3)20(11-17)28-4/h5-11H,12-13H2,1-4H3,(H,22,26). The third kappa shape index (κ3) is 4.49. The van der Waals surface area contributed by atoms with Crippen LogP contribution in [0.1, 0.15) is 22.5 Å². The molecule has 0 bridgehead atoms. The summed E-state index contributed by atoms with van der Waals surface area (Å²) in [7, 11) is 3.12. The number of rotatable bonds is 7. The molecule has 0 spiro atoms. The van der Waals surface area contributed by atoms with Crippen LogP contribution in [0.5, 0.6) is 11.5 Å². The van der Waals surface area contributed by atoms with Gasteiger partial charge in [-0.1, -0.05) is 35.0 Å². The molecule has 7 nitrogen and oxygen atoms in total. The van der Waals surface area contributed by atoms with E-state index in [0.29, 0.717) is 29.4 Å². The Kier molecular flexibility index (Phi) is 5.93. The van der Waals surface area contributed by atoms with E-state index in [1.54, 1.807) is 32.4 Å². The van der Waals surface area contributed by atoms with Crippen molar-refractivity contribution in [2.75, 3.05) is 19.5 Å². The number of benzene rings is 2. The van der Waals surface area contributed by atoms with Crippen LogP contribution < -0.4 is 14.8 Å². The van der Waals surface area contributed by atoms with Gasteiger partial charge >= 0.3 is 0 Å². The summed E-state index contributed by atoms with van der Waals surface area (Å²) in [5.41, 5.74) is 4.52. The fourth-order valence-corrected chi connectivity index (χ4v) is 2.85. The predicted molar refractivity (Wildman–Crippen MR) is 107 cm³/mol. The summed E-state index contributed by atoms with van der Waals surface area (Å²) in [4.78, 5) is 12.4. The Morgan fingerprint density at radius 1 is 1.04 bits per heavy atom. The Morgan fingerprint density at radius 3 is 2.43 bits per heavy atom. The average molecular weight is 380 g/mol. The van der Waals surface area contributed by atoms with E-state index in [1.165, 1.54) is 5.56 Å². The first-order valence-corrected chi connectivity index (χ1v) is 8.96. The first-order chi connectivity index (χ1) is 13.5. The second-order valence-corrected chi connectivity index (χ2v) is 6.56. The van der Waals surface area contributed by atoms with Crippen molar-refractivity contribution in [1.29, 1.82) is 0 Å². The highest BCUT2D eigenvalue weighted by molar-refractivity contribution is 5.92. The first kappa shape index (κ1) is 19.4. The lowest BCUT2D eigenvalue weighted by molar-refractivity contribution is -0.115. The Labute approximate surface area is 164 Å². The topological polar surface area (TPSA) is 78.3 Å². The molecule has 1 N–H and O–H groups in total. The highest BCUT2D eigenvalue weighted by atomic mass is 16.5. The molecule has 7 heteroatoms. The van der Waals surface area contributed by atoms with Crippen molar-refractivity contribution in [3.05, 3.63) is 65.0 Å². The molecular weight excluding hydrogens is 356 g/mol. The largest absolute Gasteiger partial charge is 0.493 e. The molecule has 3 aromatic rings. The number of carbonyl (C=O) groups excluding carboxylic acids is 1. The first-order valence-electron chi connectivity index (χ1n) is 8.96. The van der Waals surface area contributed by atoms with Crippen LogP contribution in [0.2, 0.25) is 0 Å². The molecule has 0 saturated carbocycles. The zero-order valence-electron chi connectivity index (χ0n) is 16.5.